The SMILES string of the molecule is O=c1[nH]c2ccc(S(=O)(=O)Nc3ccc(-n4cccn4)nc3)cc2[nH]1. The maximum atomic E-state index is 12.5. The minimum atomic E-state index is -3.81. The molecule has 4 rings (SSSR count). The predicted molar refractivity (Wildman–Crippen MR) is 91.1 cm³/mol. The Labute approximate surface area is 141 Å². The Morgan fingerprint density at radius 3 is 2.64 bits per heavy atom. The summed E-state index contributed by atoms with van der Waals surface area (Å²) in [6.07, 6.45) is 4.77. The van der Waals surface area contributed by atoms with Crippen molar-refractivity contribution in [2.24, 2.45) is 0 Å². The number of aromatic nitrogens is 5. The molecule has 0 aliphatic heterocycles. The van der Waals surface area contributed by atoms with Gasteiger partial charge in [0, 0.05) is 12.4 Å². The van der Waals surface area contributed by atoms with E-state index in [0.717, 1.165) is 0 Å². The number of sulfonamides is 1. The Morgan fingerprint density at radius 1 is 1.08 bits per heavy atom. The largest absolute Gasteiger partial charge is 0.323 e. The smallest absolute Gasteiger partial charge is 0.306 e. The van der Waals surface area contributed by atoms with E-state index in [1.165, 1.54) is 24.4 Å². The lowest BCUT2D eigenvalue weighted by molar-refractivity contribution is 0.601. The zero-order valence-corrected chi connectivity index (χ0v) is 13.5. The van der Waals surface area contributed by atoms with Crippen molar-refractivity contribution < 1.29 is 8.42 Å². The lowest BCUT2D eigenvalue weighted by Gasteiger charge is -2.08. The number of anilines is 1. The molecule has 3 aromatic heterocycles. The molecule has 0 bridgehead atoms. The van der Waals surface area contributed by atoms with Gasteiger partial charge in [0.05, 0.1) is 27.8 Å². The van der Waals surface area contributed by atoms with Crippen LogP contribution >= 0.6 is 0 Å². The topological polar surface area (TPSA) is 126 Å². The molecule has 3 heterocycles. The van der Waals surface area contributed by atoms with Crippen molar-refractivity contribution in [3.63, 3.8) is 0 Å². The molecule has 1 aromatic carbocycles. The zero-order valence-electron chi connectivity index (χ0n) is 12.7. The van der Waals surface area contributed by atoms with Crippen molar-refractivity contribution in [3.8, 4) is 5.82 Å². The third kappa shape index (κ3) is 2.90. The van der Waals surface area contributed by atoms with Gasteiger partial charge in [-0.3, -0.25) is 4.72 Å². The minimum Gasteiger partial charge on any atom is -0.306 e. The van der Waals surface area contributed by atoms with Crippen molar-refractivity contribution in [2.75, 3.05) is 4.72 Å². The molecule has 4 aromatic rings. The Morgan fingerprint density at radius 2 is 1.92 bits per heavy atom. The van der Waals surface area contributed by atoms with E-state index in [9.17, 15) is 13.2 Å². The number of benzene rings is 1. The first-order valence-electron chi connectivity index (χ1n) is 7.22. The maximum absolute atomic E-state index is 12.5. The van der Waals surface area contributed by atoms with Crippen LogP contribution in [0.3, 0.4) is 0 Å². The van der Waals surface area contributed by atoms with Crippen LogP contribution in [-0.2, 0) is 10.0 Å². The summed E-state index contributed by atoms with van der Waals surface area (Å²) in [4.78, 5) is 20.6. The van der Waals surface area contributed by atoms with Crippen LogP contribution < -0.4 is 10.4 Å². The van der Waals surface area contributed by atoms with Gasteiger partial charge in [-0.25, -0.2) is 22.9 Å². The van der Waals surface area contributed by atoms with Gasteiger partial charge in [0.1, 0.15) is 0 Å². The highest BCUT2D eigenvalue weighted by molar-refractivity contribution is 7.92. The van der Waals surface area contributed by atoms with Gasteiger partial charge in [-0.1, -0.05) is 0 Å². The fourth-order valence-electron chi connectivity index (χ4n) is 2.38. The zero-order chi connectivity index (χ0) is 17.4. The van der Waals surface area contributed by atoms with E-state index in [4.69, 9.17) is 0 Å². The Bertz CT molecular complexity index is 1190. The number of imidazole rings is 1. The van der Waals surface area contributed by atoms with Crippen molar-refractivity contribution in [3.05, 3.63) is 65.5 Å². The van der Waals surface area contributed by atoms with Crippen LogP contribution in [0.25, 0.3) is 16.9 Å². The number of aromatic amines is 2. The highest BCUT2D eigenvalue weighted by Gasteiger charge is 2.15. The molecule has 0 aliphatic rings. The summed E-state index contributed by atoms with van der Waals surface area (Å²) in [5, 5.41) is 4.05. The second-order valence-electron chi connectivity index (χ2n) is 5.25. The number of pyridine rings is 1. The lowest BCUT2D eigenvalue weighted by atomic mass is 10.3. The molecule has 126 valence electrons. The van der Waals surface area contributed by atoms with E-state index in [0.29, 0.717) is 22.5 Å². The van der Waals surface area contributed by atoms with E-state index < -0.39 is 15.7 Å². The summed E-state index contributed by atoms with van der Waals surface area (Å²) in [6.45, 7) is 0. The van der Waals surface area contributed by atoms with Crippen LogP contribution in [0.5, 0.6) is 0 Å². The van der Waals surface area contributed by atoms with Gasteiger partial charge in [-0.05, 0) is 36.4 Å². The lowest BCUT2D eigenvalue weighted by Crippen LogP contribution is -2.13. The highest BCUT2D eigenvalue weighted by Crippen LogP contribution is 2.19. The van der Waals surface area contributed by atoms with Crippen LogP contribution in [0, 0.1) is 0 Å². The van der Waals surface area contributed by atoms with E-state index in [1.807, 2.05) is 0 Å². The molecule has 0 fully saturated rings. The molecule has 0 radical (unpaired) electrons. The number of H-pyrrole nitrogens is 2. The molecule has 9 nitrogen and oxygen atoms in total. The van der Waals surface area contributed by atoms with Crippen molar-refractivity contribution in [1.29, 1.82) is 0 Å². The van der Waals surface area contributed by atoms with Gasteiger partial charge in [0.2, 0.25) is 0 Å². The van der Waals surface area contributed by atoms with Crippen molar-refractivity contribution in [2.45, 2.75) is 4.90 Å². The van der Waals surface area contributed by atoms with E-state index >= 15 is 0 Å². The third-order valence-electron chi connectivity index (χ3n) is 3.54. The molecule has 3 N–H and O–H groups in total. The molecule has 10 heteroatoms. The summed E-state index contributed by atoms with van der Waals surface area (Å²) in [6, 6.07) is 9.34. The normalized spacial score (nSPS) is 11.7. The van der Waals surface area contributed by atoms with Gasteiger partial charge >= 0.3 is 5.69 Å². The van der Waals surface area contributed by atoms with Gasteiger partial charge in [0.25, 0.3) is 10.0 Å². The quantitative estimate of drug-likeness (QED) is 0.507. The number of rotatable bonds is 4. The second-order valence-corrected chi connectivity index (χ2v) is 6.93. The fourth-order valence-corrected chi connectivity index (χ4v) is 3.45. The summed E-state index contributed by atoms with van der Waals surface area (Å²) in [7, 11) is -3.81. The first kappa shape index (κ1) is 15.1. The molecule has 0 unspecified atom stereocenters. The second kappa shape index (κ2) is 5.60. The van der Waals surface area contributed by atoms with Crippen molar-refractivity contribution >= 4 is 26.7 Å². The monoisotopic (exact) mass is 356 g/mol. The molecule has 0 saturated heterocycles. The predicted octanol–water partition coefficient (Wildman–Crippen LogP) is 1.24. The first-order chi connectivity index (χ1) is 12.0. The Kier molecular flexibility index (Phi) is 3.39. The summed E-state index contributed by atoms with van der Waals surface area (Å²) in [5.41, 5.74) is 0.878. The number of fused-ring (bicyclic) bond motifs is 1. The molecule has 0 saturated carbocycles. The van der Waals surface area contributed by atoms with E-state index in [2.05, 4.69) is 24.8 Å². The van der Waals surface area contributed by atoms with Gasteiger partial charge in [-0.15, -0.1) is 0 Å². The van der Waals surface area contributed by atoms with Crippen LogP contribution in [0.15, 0.2) is 64.7 Å². The number of nitrogens with zero attached hydrogens (tertiary/aromatic N) is 3. The number of hydrogen-bond donors (Lipinski definition) is 3. The van der Waals surface area contributed by atoms with Gasteiger partial charge in [0.15, 0.2) is 5.82 Å². The Balaban J connectivity index is 1.62. The minimum absolute atomic E-state index is 0.0337. The van der Waals surface area contributed by atoms with Crippen LogP contribution in [0.4, 0.5) is 5.69 Å². The average molecular weight is 356 g/mol. The molecule has 0 amide bonds. The van der Waals surface area contributed by atoms with Crippen LogP contribution in [0.1, 0.15) is 0 Å². The fraction of sp³-hybridized carbons (Fsp3) is 0. The standard InChI is InChI=1S/C15H12N6O3S/c22-15-18-12-4-3-11(8-13(12)19-15)25(23,24)20-10-2-5-14(16-9-10)21-7-1-6-17-21/h1-9,20H,(H2,18,19,22). The third-order valence-corrected chi connectivity index (χ3v) is 4.92. The Hall–Kier alpha value is -3.40. The van der Waals surface area contributed by atoms with Crippen LogP contribution in [-0.4, -0.2) is 33.2 Å². The maximum Gasteiger partial charge on any atom is 0.323 e. The summed E-state index contributed by atoms with van der Waals surface area (Å²) >= 11 is 0. The molecular formula is C15H12N6O3S. The highest BCUT2D eigenvalue weighted by atomic mass is 32.2. The van der Waals surface area contributed by atoms with Gasteiger partial charge < -0.3 is 9.97 Å². The molecule has 25 heavy (non-hydrogen) atoms. The number of nitrogens with one attached hydrogen (secondary N) is 3. The van der Waals surface area contributed by atoms with Crippen LogP contribution in [0.2, 0.25) is 0 Å². The molecule has 0 atom stereocenters. The molecule has 0 aliphatic carbocycles. The first-order valence-corrected chi connectivity index (χ1v) is 8.70. The molecule has 0 spiro atoms. The van der Waals surface area contributed by atoms with E-state index in [1.54, 1.807) is 35.3 Å². The molecular weight excluding hydrogens is 344 g/mol. The number of hydrogen-bond acceptors (Lipinski definition) is 5. The summed E-state index contributed by atoms with van der Waals surface area (Å²) < 4.78 is 29.0. The van der Waals surface area contributed by atoms with E-state index in [-0.39, 0.29) is 4.90 Å². The van der Waals surface area contributed by atoms with Crippen molar-refractivity contribution in [1.82, 2.24) is 24.7 Å². The van der Waals surface area contributed by atoms with Gasteiger partial charge in [-0.2, -0.15) is 5.10 Å². The average Bonchev–Trinajstić information content (AvgIpc) is 3.22. The summed E-state index contributed by atoms with van der Waals surface area (Å²) in [5.74, 6) is 0.569.